The zero-order valence-corrected chi connectivity index (χ0v) is 8.21. The molecule has 17 heavy (non-hydrogen) atoms. The molecule has 1 aromatic carbocycles. The van der Waals surface area contributed by atoms with Crippen molar-refractivity contribution in [1.29, 1.82) is 0 Å². The average Bonchev–Trinajstić information content (AvgIpc) is 2.29. The minimum Gasteiger partial charge on any atom is -0.360 e. The van der Waals surface area contributed by atoms with Crippen LogP contribution in [0.15, 0.2) is 18.2 Å². The fourth-order valence-electron chi connectivity index (χ4n) is 1.45. The van der Waals surface area contributed by atoms with Gasteiger partial charge in [-0.25, -0.2) is 0 Å². The van der Waals surface area contributed by atoms with Crippen molar-refractivity contribution in [2.75, 3.05) is 5.32 Å². The number of nitro groups is 1. The fourth-order valence-corrected chi connectivity index (χ4v) is 1.45. The van der Waals surface area contributed by atoms with Gasteiger partial charge in [0.25, 0.3) is 11.5 Å². The summed E-state index contributed by atoms with van der Waals surface area (Å²) in [5.41, 5.74) is 7.60. The van der Waals surface area contributed by atoms with Crippen LogP contribution in [-0.2, 0) is 4.79 Å². The smallest absolute Gasteiger partial charge is 0.360 e. The Bertz CT molecular complexity index is 615. The molecule has 0 bridgehead atoms. The third-order valence-electron chi connectivity index (χ3n) is 2.24. The Morgan fingerprint density at radius 3 is 2.65 bits per heavy atom. The van der Waals surface area contributed by atoms with Crippen molar-refractivity contribution in [3.05, 3.63) is 39.4 Å². The molecular weight excluding hydrogens is 228 g/mol. The normalized spacial score (nSPS) is 13.8. The molecule has 1 amide bonds. The van der Waals surface area contributed by atoms with Crippen molar-refractivity contribution in [1.82, 2.24) is 0 Å². The molecule has 0 fully saturated rings. The maximum absolute atomic E-state index is 11.7. The number of non-ortho nitro benzene ring substituents is 1. The number of fused-ring (bicyclic) bond motifs is 1. The van der Waals surface area contributed by atoms with Crippen LogP contribution in [0.5, 0.6) is 0 Å². The Kier molecular flexibility index (Phi) is 2.27. The standard InChI is InChI=1S/C9H4N4O4/c10-12-7-8(14)5-3-4(13(16)17)1-2-6(5)11-9(7)15/h1-3H,(H,11,15). The molecule has 0 radical (unpaired) electrons. The zero-order chi connectivity index (χ0) is 12.6. The molecule has 8 heteroatoms. The maximum Gasteiger partial charge on any atom is 0.426 e. The Morgan fingerprint density at radius 1 is 1.35 bits per heavy atom. The second-order valence-corrected chi connectivity index (χ2v) is 3.22. The van der Waals surface area contributed by atoms with Crippen LogP contribution in [0.4, 0.5) is 11.4 Å². The van der Waals surface area contributed by atoms with E-state index >= 15 is 0 Å². The van der Waals surface area contributed by atoms with Gasteiger partial charge in [0.05, 0.1) is 16.2 Å². The predicted octanol–water partition coefficient (Wildman–Crippen LogP) is 0.400. The van der Waals surface area contributed by atoms with E-state index in [0.717, 1.165) is 12.1 Å². The van der Waals surface area contributed by atoms with Crippen molar-refractivity contribution in [3.63, 3.8) is 0 Å². The van der Waals surface area contributed by atoms with E-state index in [1.165, 1.54) is 6.07 Å². The number of ketones is 1. The molecule has 2 rings (SSSR count). The van der Waals surface area contributed by atoms with Gasteiger partial charge in [-0.3, -0.25) is 19.7 Å². The molecule has 1 N–H and O–H groups in total. The Morgan fingerprint density at radius 2 is 2.06 bits per heavy atom. The first kappa shape index (κ1) is 10.7. The zero-order valence-electron chi connectivity index (χ0n) is 8.21. The topological polar surface area (TPSA) is 126 Å². The number of amides is 1. The number of hydrogen-bond donors (Lipinski definition) is 1. The van der Waals surface area contributed by atoms with Crippen LogP contribution in [0.1, 0.15) is 10.4 Å². The van der Waals surface area contributed by atoms with Gasteiger partial charge in [0.1, 0.15) is 0 Å². The summed E-state index contributed by atoms with van der Waals surface area (Å²) in [7, 11) is 0. The largest absolute Gasteiger partial charge is 0.426 e. The molecule has 1 heterocycles. The Balaban J connectivity index is 2.63. The second-order valence-electron chi connectivity index (χ2n) is 3.22. The maximum atomic E-state index is 11.7. The van der Waals surface area contributed by atoms with E-state index in [1.807, 2.05) is 0 Å². The van der Waals surface area contributed by atoms with Crippen LogP contribution in [0.25, 0.3) is 5.53 Å². The number of hydrogen-bond acceptors (Lipinski definition) is 4. The quantitative estimate of drug-likeness (QED) is 0.325. The highest BCUT2D eigenvalue weighted by atomic mass is 16.6. The van der Waals surface area contributed by atoms with Gasteiger partial charge in [0, 0.05) is 12.1 Å². The van der Waals surface area contributed by atoms with Crippen molar-refractivity contribution in [2.24, 2.45) is 0 Å². The molecule has 0 spiro atoms. The summed E-state index contributed by atoms with van der Waals surface area (Å²) in [6.07, 6.45) is 0. The number of nitrogens with one attached hydrogen (secondary N) is 1. The van der Waals surface area contributed by atoms with Crippen LogP contribution in [0.3, 0.4) is 0 Å². The molecule has 0 atom stereocenters. The fraction of sp³-hybridized carbons (Fsp3) is 0. The minimum atomic E-state index is -0.852. The van der Waals surface area contributed by atoms with Gasteiger partial charge in [-0.15, -0.1) is 0 Å². The highest BCUT2D eigenvalue weighted by molar-refractivity contribution is 6.71. The van der Waals surface area contributed by atoms with Crippen LogP contribution in [0, 0.1) is 10.1 Å². The summed E-state index contributed by atoms with van der Waals surface area (Å²) in [5, 5.41) is 12.8. The number of carbonyl (C=O) groups is 2. The number of Topliss-reactive ketones (excluding diaryl/α,β-unsaturated/α-hetero) is 1. The molecule has 1 aliphatic heterocycles. The molecule has 0 unspecified atom stereocenters. The summed E-state index contributed by atoms with van der Waals surface area (Å²) in [6.45, 7) is 0. The lowest BCUT2D eigenvalue weighted by atomic mass is 9.99. The third-order valence-corrected chi connectivity index (χ3v) is 2.24. The Hall–Kier alpha value is -2.86. The lowest BCUT2D eigenvalue weighted by Crippen LogP contribution is -2.36. The molecule has 0 saturated heterocycles. The summed E-state index contributed by atoms with van der Waals surface area (Å²) in [4.78, 5) is 35.4. The number of anilines is 1. The van der Waals surface area contributed by atoms with Gasteiger partial charge >= 0.3 is 11.6 Å². The van der Waals surface area contributed by atoms with Gasteiger partial charge in [0.2, 0.25) is 0 Å². The number of benzene rings is 1. The highest BCUT2D eigenvalue weighted by Crippen LogP contribution is 2.25. The summed E-state index contributed by atoms with van der Waals surface area (Å²) in [6, 6.07) is 3.42. The van der Waals surface area contributed by atoms with Crippen LogP contribution >= 0.6 is 0 Å². The van der Waals surface area contributed by atoms with Crippen LogP contribution in [-0.4, -0.2) is 27.1 Å². The number of nitro benzene ring substituents is 1. The van der Waals surface area contributed by atoms with E-state index in [2.05, 4.69) is 10.1 Å². The average molecular weight is 232 g/mol. The monoisotopic (exact) mass is 232 g/mol. The van der Waals surface area contributed by atoms with Gasteiger partial charge in [-0.2, -0.15) is 4.79 Å². The summed E-state index contributed by atoms with van der Waals surface area (Å²) < 4.78 is 0. The van der Waals surface area contributed by atoms with Crippen molar-refractivity contribution in [2.45, 2.75) is 0 Å². The Labute approximate surface area is 93.6 Å². The molecule has 0 saturated carbocycles. The molecule has 84 valence electrons. The van der Waals surface area contributed by atoms with Gasteiger partial charge in [-0.1, -0.05) is 0 Å². The lowest BCUT2D eigenvalue weighted by Gasteiger charge is -2.11. The van der Waals surface area contributed by atoms with Crippen LogP contribution in [0.2, 0.25) is 0 Å². The van der Waals surface area contributed by atoms with E-state index < -0.39 is 22.3 Å². The van der Waals surface area contributed by atoms with Gasteiger partial charge < -0.3 is 10.8 Å². The SMILES string of the molecule is [N-]=[N+]=C1C(=O)Nc2ccc([N+](=O)[O-])cc2C1=O. The number of rotatable bonds is 1. The summed E-state index contributed by atoms with van der Waals surface area (Å²) >= 11 is 0. The van der Waals surface area contributed by atoms with E-state index in [9.17, 15) is 19.7 Å². The highest BCUT2D eigenvalue weighted by Gasteiger charge is 2.38. The lowest BCUT2D eigenvalue weighted by molar-refractivity contribution is -0.384. The number of carbonyl (C=O) groups excluding carboxylic acids is 2. The van der Waals surface area contributed by atoms with Gasteiger partial charge in [0.15, 0.2) is 0 Å². The van der Waals surface area contributed by atoms with Crippen molar-refractivity contribution >= 4 is 28.8 Å². The first-order valence-electron chi connectivity index (χ1n) is 4.41. The second kappa shape index (κ2) is 3.62. The van der Waals surface area contributed by atoms with Crippen LogP contribution < -0.4 is 5.32 Å². The number of nitrogens with zero attached hydrogens (tertiary/aromatic N) is 3. The molecule has 8 nitrogen and oxygen atoms in total. The van der Waals surface area contributed by atoms with E-state index in [-0.39, 0.29) is 16.9 Å². The molecule has 1 aromatic rings. The third kappa shape index (κ3) is 1.58. The predicted molar refractivity (Wildman–Crippen MR) is 54.7 cm³/mol. The van der Waals surface area contributed by atoms with Crippen molar-refractivity contribution < 1.29 is 19.3 Å². The van der Waals surface area contributed by atoms with E-state index in [0.29, 0.717) is 0 Å². The molecule has 0 aromatic heterocycles. The molecule has 0 aliphatic carbocycles. The van der Waals surface area contributed by atoms with Crippen molar-refractivity contribution in [3.8, 4) is 0 Å². The summed E-state index contributed by atoms with van der Waals surface area (Å²) in [5.74, 6) is -1.70. The molecule has 1 aliphatic rings. The van der Waals surface area contributed by atoms with E-state index in [1.54, 1.807) is 0 Å². The van der Waals surface area contributed by atoms with E-state index in [4.69, 9.17) is 5.53 Å². The van der Waals surface area contributed by atoms with Gasteiger partial charge in [-0.05, 0) is 6.07 Å². The minimum absolute atomic E-state index is 0.0772. The first-order valence-corrected chi connectivity index (χ1v) is 4.41. The molecular formula is C9H4N4O4. The first-order chi connectivity index (χ1) is 8.04.